The van der Waals surface area contributed by atoms with Gasteiger partial charge < -0.3 is 10.2 Å². The molecule has 0 aliphatic carbocycles. The molecule has 0 spiro atoms. The number of para-hydroxylation sites is 1. The molecule has 1 N–H and O–H groups in total. The van der Waals surface area contributed by atoms with Crippen molar-refractivity contribution in [2.75, 3.05) is 27.2 Å². The van der Waals surface area contributed by atoms with Crippen LogP contribution in [-0.2, 0) is 11.3 Å². The molecular weight excluding hydrogens is 240 g/mol. The molecule has 0 aliphatic heterocycles. The number of carbonyl (C=O) groups excluding carboxylic acids is 1. The van der Waals surface area contributed by atoms with Crippen LogP contribution in [0.1, 0.15) is 6.42 Å². The number of nitrogens with one attached hydrogen (secondary N) is 1. The van der Waals surface area contributed by atoms with E-state index in [0.717, 1.165) is 17.4 Å². The Morgan fingerprint density at radius 3 is 2.95 bits per heavy atom. The van der Waals surface area contributed by atoms with Crippen molar-refractivity contribution in [1.82, 2.24) is 20.0 Å². The number of aryl methyl sites for hydroxylation is 1. The number of hydrogen-bond acceptors (Lipinski definition) is 3. The minimum atomic E-state index is 0.0708. The normalized spacial score (nSPS) is 11.1. The van der Waals surface area contributed by atoms with Crippen molar-refractivity contribution in [2.45, 2.75) is 13.0 Å². The Hall–Kier alpha value is -1.88. The zero-order valence-corrected chi connectivity index (χ0v) is 11.5. The number of carbonyl (C=O) groups is 1. The lowest BCUT2D eigenvalue weighted by molar-refractivity contribution is -0.121. The summed E-state index contributed by atoms with van der Waals surface area (Å²) in [6, 6.07) is 8.02. The third-order valence-electron chi connectivity index (χ3n) is 2.98. The fourth-order valence-electron chi connectivity index (χ4n) is 1.92. The highest BCUT2D eigenvalue weighted by atomic mass is 16.1. The Morgan fingerprint density at radius 1 is 1.37 bits per heavy atom. The molecule has 1 heterocycles. The molecule has 19 heavy (non-hydrogen) atoms. The number of benzene rings is 1. The largest absolute Gasteiger partial charge is 0.355 e. The van der Waals surface area contributed by atoms with Crippen LogP contribution in [0.3, 0.4) is 0 Å². The third-order valence-corrected chi connectivity index (χ3v) is 2.98. The van der Waals surface area contributed by atoms with Crippen molar-refractivity contribution in [1.29, 1.82) is 0 Å². The summed E-state index contributed by atoms with van der Waals surface area (Å²) in [5, 5.41) is 8.31. The molecule has 0 bridgehead atoms. The van der Waals surface area contributed by atoms with E-state index in [2.05, 4.69) is 10.4 Å². The summed E-state index contributed by atoms with van der Waals surface area (Å²) in [6.45, 7) is 2.16. The molecule has 0 saturated heterocycles. The van der Waals surface area contributed by atoms with Crippen molar-refractivity contribution < 1.29 is 4.79 Å². The highest BCUT2D eigenvalue weighted by Crippen LogP contribution is 2.12. The van der Waals surface area contributed by atoms with Crippen LogP contribution in [-0.4, -0.2) is 47.8 Å². The second kappa shape index (κ2) is 6.33. The van der Waals surface area contributed by atoms with Gasteiger partial charge in [-0.25, -0.2) is 0 Å². The average molecular weight is 260 g/mol. The van der Waals surface area contributed by atoms with E-state index in [1.165, 1.54) is 0 Å². The molecule has 1 amide bonds. The monoisotopic (exact) mass is 260 g/mol. The second-order valence-electron chi connectivity index (χ2n) is 4.83. The van der Waals surface area contributed by atoms with Gasteiger partial charge >= 0.3 is 0 Å². The smallest absolute Gasteiger partial charge is 0.221 e. The van der Waals surface area contributed by atoms with E-state index in [1.807, 2.05) is 54.1 Å². The van der Waals surface area contributed by atoms with Gasteiger partial charge in [0.05, 0.1) is 18.3 Å². The van der Waals surface area contributed by atoms with Gasteiger partial charge in [-0.2, -0.15) is 5.10 Å². The van der Waals surface area contributed by atoms with Crippen molar-refractivity contribution in [3.63, 3.8) is 0 Å². The molecule has 102 valence electrons. The topological polar surface area (TPSA) is 50.2 Å². The summed E-state index contributed by atoms with van der Waals surface area (Å²) >= 11 is 0. The van der Waals surface area contributed by atoms with Gasteiger partial charge in [-0.15, -0.1) is 0 Å². The molecular formula is C14H20N4O. The van der Waals surface area contributed by atoms with Crippen LogP contribution in [0.5, 0.6) is 0 Å². The summed E-state index contributed by atoms with van der Waals surface area (Å²) in [4.78, 5) is 13.7. The van der Waals surface area contributed by atoms with Crippen molar-refractivity contribution in [2.24, 2.45) is 0 Å². The fourth-order valence-corrected chi connectivity index (χ4v) is 1.92. The number of hydrogen-bond donors (Lipinski definition) is 1. The lowest BCUT2D eigenvalue weighted by Crippen LogP contribution is -2.31. The van der Waals surface area contributed by atoms with Crippen LogP contribution < -0.4 is 5.32 Å². The molecule has 2 rings (SSSR count). The number of aromatic nitrogens is 2. The lowest BCUT2D eigenvalue weighted by atomic mass is 10.2. The zero-order chi connectivity index (χ0) is 13.7. The summed E-state index contributed by atoms with van der Waals surface area (Å²) in [7, 11) is 3.98. The highest BCUT2D eigenvalue weighted by molar-refractivity contribution is 5.79. The number of amides is 1. The maximum atomic E-state index is 11.7. The van der Waals surface area contributed by atoms with Crippen LogP contribution in [0.2, 0.25) is 0 Å². The molecule has 0 radical (unpaired) electrons. The molecule has 1 aromatic heterocycles. The van der Waals surface area contributed by atoms with Crippen LogP contribution in [0.4, 0.5) is 0 Å². The lowest BCUT2D eigenvalue weighted by Gasteiger charge is -2.10. The Kier molecular flexibility index (Phi) is 4.52. The number of rotatable bonds is 6. The van der Waals surface area contributed by atoms with Gasteiger partial charge in [0.1, 0.15) is 0 Å². The van der Waals surface area contributed by atoms with E-state index in [9.17, 15) is 4.79 Å². The van der Waals surface area contributed by atoms with E-state index in [1.54, 1.807) is 0 Å². The highest BCUT2D eigenvalue weighted by Gasteiger charge is 2.05. The van der Waals surface area contributed by atoms with Gasteiger partial charge in [0.2, 0.25) is 5.91 Å². The molecule has 0 atom stereocenters. The molecule has 5 heteroatoms. The predicted octanol–water partition coefficient (Wildman–Crippen LogP) is 1.10. The summed E-state index contributed by atoms with van der Waals surface area (Å²) < 4.78 is 1.88. The van der Waals surface area contributed by atoms with Crippen LogP contribution in [0, 0.1) is 0 Å². The van der Waals surface area contributed by atoms with E-state index in [0.29, 0.717) is 19.5 Å². The fraction of sp³-hybridized carbons (Fsp3) is 0.429. The van der Waals surface area contributed by atoms with E-state index >= 15 is 0 Å². The molecule has 0 aliphatic rings. The Bertz CT molecular complexity index is 547. The predicted molar refractivity (Wildman–Crippen MR) is 75.9 cm³/mol. The van der Waals surface area contributed by atoms with E-state index < -0.39 is 0 Å². The average Bonchev–Trinajstić information content (AvgIpc) is 2.79. The maximum absolute atomic E-state index is 11.7. The molecule has 0 saturated carbocycles. The molecule has 5 nitrogen and oxygen atoms in total. The summed E-state index contributed by atoms with van der Waals surface area (Å²) in [5.74, 6) is 0.0708. The maximum Gasteiger partial charge on any atom is 0.221 e. The van der Waals surface area contributed by atoms with Gasteiger partial charge in [-0.3, -0.25) is 9.48 Å². The van der Waals surface area contributed by atoms with Crippen molar-refractivity contribution in [3.05, 3.63) is 30.5 Å². The van der Waals surface area contributed by atoms with Crippen molar-refractivity contribution >= 4 is 16.8 Å². The van der Waals surface area contributed by atoms with E-state index in [-0.39, 0.29) is 5.91 Å². The minimum absolute atomic E-state index is 0.0708. The first kappa shape index (κ1) is 13.5. The Labute approximate surface area is 113 Å². The number of fused-ring (bicyclic) bond motifs is 1. The van der Waals surface area contributed by atoms with Gasteiger partial charge in [0, 0.05) is 24.9 Å². The van der Waals surface area contributed by atoms with Gasteiger partial charge in [-0.05, 0) is 20.2 Å². The summed E-state index contributed by atoms with van der Waals surface area (Å²) in [6.07, 6.45) is 2.29. The minimum Gasteiger partial charge on any atom is -0.355 e. The van der Waals surface area contributed by atoms with Gasteiger partial charge in [0.15, 0.2) is 0 Å². The quantitative estimate of drug-likeness (QED) is 0.846. The number of likely N-dealkylation sites (N-methyl/N-ethyl adjacent to an activating group) is 1. The molecule has 1 aromatic carbocycles. The Balaban J connectivity index is 1.83. The van der Waals surface area contributed by atoms with Crippen LogP contribution >= 0.6 is 0 Å². The van der Waals surface area contributed by atoms with E-state index in [4.69, 9.17) is 0 Å². The first-order chi connectivity index (χ1) is 9.16. The summed E-state index contributed by atoms with van der Waals surface area (Å²) in [5.41, 5.74) is 1.07. The molecule has 0 fully saturated rings. The van der Waals surface area contributed by atoms with Gasteiger partial charge in [-0.1, -0.05) is 18.2 Å². The van der Waals surface area contributed by atoms with Crippen LogP contribution in [0.15, 0.2) is 30.5 Å². The zero-order valence-electron chi connectivity index (χ0n) is 11.5. The van der Waals surface area contributed by atoms with Crippen molar-refractivity contribution in [3.8, 4) is 0 Å². The first-order valence-electron chi connectivity index (χ1n) is 6.49. The Morgan fingerprint density at radius 2 is 2.16 bits per heavy atom. The third kappa shape index (κ3) is 3.79. The SMILES string of the molecule is CN(C)CCNC(=O)CCn1ncc2ccccc21. The molecule has 0 unspecified atom stereocenters. The van der Waals surface area contributed by atoms with Gasteiger partial charge in [0.25, 0.3) is 0 Å². The first-order valence-corrected chi connectivity index (χ1v) is 6.49. The molecule has 2 aromatic rings. The van der Waals surface area contributed by atoms with Crippen LogP contribution in [0.25, 0.3) is 10.9 Å². The second-order valence-corrected chi connectivity index (χ2v) is 4.83. The standard InChI is InChI=1S/C14H20N4O/c1-17(2)10-8-15-14(19)7-9-18-13-6-4-3-5-12(13)11-16-18/h3-6,11H,7-10H2,1-2H3,(H,15,19). The number of nitrogens with zero attached hydrogens (tertiary/aromatic N) is 3.